The van der Waals surface area contributed by atoms with Gasteiger partial charge in [0.25, 0.3) is 0 Å². The van der Waals surface area contributed by atoms with Crippen LogP contribution in [0.25, 0.3) is 16.7 Å². The molecule has 0 bridgehead atoms. The molecule has 4 aromatic rings. The zero-order valence-electron chi connectivity index (χ0n) is 19.6. The summed E-state index contributed by atoms with van der Waals surface area (Å²) in [5, 5.41) is 0.888. The molecule has 3 aliphatic rings. The lowest BCUT2D eigenvalue weighted by Gasteiger charge is -2.24. The minimum absolute atomic E-state index is 0.0114. The smallest absolute Gasteiger partial charge is 0.163 e. The molecule has 0 radical (unpaired) electrons. The molecule has 0 aromatic carbocycles. The Morgan fingerprint density at radius 2 is 1.94 bits per heavy atom. The molecule has 2 N–H and O–H groups in total. The van der Waals surface area contributed by atoms with Crippen molar-refractivity contribution >= 4 is 22.5 Å². The molecule has 0 unspecified atom stereocenters. The van der Waals surface area contributed by atoms with E-state index in [-0.39, 0.29) is 18.2 Å². The molecule has 0 amide bonds. The Labute approximate surface area is 198 Å². The van der Waals surface area contributed by atoms with Gasteiger partial charge >= 0.3 is 0 Å². The molecule has 3 fully saturated rings. The van der Waals surface area contributed by atoms with Crippen LogP contribution in [0.1, 0.15) is 62.7 Å². The van der Waals surface area contributed by atoms with E-state index < -0.39 is 5.79 Å². The summed E-state index contributed by atoms with van der Waals surface area (Å²) in [4.78, 5) is 13.3. The second-order valence-corrected chi connectivity index (χ2v) is 10.6. The highest BCUT2D eigenvalue weighted by atomic mass is 16.8. The van der Waals surface area contributed by atoms with Crippen molar-refractivity contribution in [2.75, 3.05) is 5.73 Å². The molecule has 4 aromatic heterocycles. The van der Waals surface area contributed by atoms with Crippen LogP contribution in [0.5, 0.6) is 0 Å². The van der Waals surface area contributed by atoms with Gasteiger partial charge in [0.15, 0.2) is 5.79 Å². The van der Waals surface area contributed by atoms with E-state index >= 15 is 0 Å². The maximum Gasteiger partial charge on any atom is 0.163 e. The summed E-state index contributed by atoms with van der Waals surface area (Å²) in [5.74, 6) is 1.02. The molecular weight excluding hydrogens is 428 g/mol. The van der Waals surface area contributed by atoms with Crippen molar-refractivity contribution in [2.45, 2.75) is 75.9 Å². The first-order chi connectivity index (χ1) is 16.5. The van der Waals surface area contributed by atoms with Crippen molar-refractivity contribution in [1.29, 1.82) is 0 Å². The molecule has 1 aliphatic heterocycles. The lowest BCUT2D eigenvalue weighted by molar-refractivity contribution is -0.160. The van der Waals surface area contributed by atoms with Crippen LogP contribution in [0.3, 0.4) is 0 Å². The fourth-order valence-corrected chi connectivity index (χ4v) is 6.10. The molecule has 34 heavy (non-hydrogen) atoms. The molecule has 0 spiro atoms. The summed E-state index contributed by atoms with van der Waals surface area (Å²) in [6.07, 6.45) is 13.5. The molecule has 2 saturated carbocycles. The fraction of sp³-hybridized carbons (Fsp3) is 0.500. The Kier molecular flexibility index (Phi) is 4.36. The van der Waals surface area contributed by atoms with Crippen molar-refractivity contribution < 1.29 is 9.47 Å². The molecule has 2 aliphatic carbocycles. The predicted molar refractivity (Wildman–Crippen MR) is 128 cm³/mol. The lowest BCUT2D eigenvalue weighted by atomic mass is 9.96. The number of hydrogen-bond acceptors (Lipinski definition) is 6. The third-order valence-corrected chi connectivity index (χ3v) is 7.85. The maximum atomic E-state index is 6.44. The van der Waals surface area contributed by atoms with Gasteiger partial charge in [-0.2, -0.15) is 0 Å². The standard InChI is InChI=1S/C26H30N6O2/c1-26(2)33-22-17(4-3-15-7-9-31-20(16-5-6-16)13-28-21(31)11-15)12-19(23(22)34-26)32-10-8-18-24(27)29-14-30-25(18)32/h7-11,13-14,16-17,19,22-23H,3-6,12H2,1-2H3,(H2,27,29,30)/t17-,19+,22+,23-/m0/s1. The highest BCUT2D eigenvalue weighted by Gasteiger charge is 2.54. The third kappa shape index (κ3) is 3.23. The zero-order valence-corrected chi connectivity index (χ0v) is 19.6. The second kappa shape index (κ2) is 7.26. The third-order valence-electron chi connectivity index (χ3n) is 7.85. The summed E-state index contributed by atoms with van der Waals surface area (Å²) >= 11 is 0. The van der Waals surface area contributed by atoms with Crippen LogP contribution < -0.4 is 5.73 Å². The number of pyridine rings is 1. The van der Waals surface area contributed by atoms with E-state index in [0.29, 0.717) is 17.7 Å². The molecule has 5 heterocycles. The van der Waals surface area contributed by atoms with Gasteiger partial charge in [-0.3, -0.25) is 0 Å². The Morgan fingerprint density at radius 1 is 1.09 bits per heavy atom. The molecule has 4 atom stereocenters. The summed E-state index contributed by atoms with van der Waals surface area (Å²) in [6.45, 7) is 4.02. The van der Waals surface area contributed by atoms with Gasteiger partial charge < -0.3 is 24.2 Å². The highest BCUT2D eigenvalue weighted by molar-refractivity contribution is 5.86. The fourth-order valence-electron chi connectivity index (χ4n) is 6.10. The number of anilines is 1. The molecule has 1 saturated heterocycles. The number of aromatic nitrogens is 5. The van der Waals surface area contributed by atoms with E-state index in [1.54, 1.807) is 0 Å². The Morgan fingerprint density at radius 3 is 2.79 bits per heavy atom. The molecule has 8 nitrogen and oxygen atoms in total. The van der Waals surface area contributed by atoms with Gasteiger partial charge in [-0.1, -0.05) is 0 Å². The second-order valence-electron chi connectivity index (χ2n) is 10.6. The number of rotatable bonds is 5. The van der Waals surface area contributed by atoms with Gasteiger partial charge in [0, 0.05) is 30.2 Å². The van der Waals surface area contributed by atoms with E-state index in [0.717, 1.165) is 35.9 Å². The quantitative estimate of drug-likeness (QED) is 0.481. The van der Waals surface area contributed by atoms with Crippen molar-refractivity contribution in [2.24, 2.45) is 5.92 Å². The summed E-state index contributed by atoms with van der Waals surface area (Å²) in [7, 11) is 0. The number of fused-ring (bicyclic) bond motifs is 3. The number of nitrogens with zero attached hydrogens (tertiary/aromatic N) is 5. The van der Waals surface area contributed by atoms with Crippen molar-refractivity contribution in [3.63, 3.8) is 0 Å². The number of ether oxygens (including phenoxy) is 2. The Balaban J connectivity index is 1.14. The topological polar surface area (TPSA) is 92.5 Å². The Hall–Kier alpha value is -2.97. The van der Waals surface area contributed by atoms with Crippen LogP contribution in [0.4, 0.5) is 5.82 Å². The first-order valence-electron chi connectivity index (χ1n) is 12.4. The average molecular weight is 459 g/mol. The summed E-state index contributed by atoms with van der Waals surface area (Å²) < 4.78 is 17.3. The first-order valence-corrected chi connectivity index (χ1v) is 12.4. The van der Waals surface area contributed by atoms with Crippen LogP contribution in [-0.4, -0.2) is 41.9 Å². The largest absolute Gasteiger partial charge is 0.383 e. The zero-order chi connectivity index (χ0) is 23.0. The van der Waals surface area contributed by atoms with E-state index in [1.165, 1.54) is 30.4 Å². The van der Waals surface area contributed by atoms with Crippen LogP contribution >= 0.6 is 0 Å². The van der Waals surface area contributed by atoms with Crippen LogP contribution in [0.15, 0.2) is 43.1 Å². The maximum absolute atomic E-state index is 6.44. The highest BCUT2D eigenvalue weighted by Crippen LogP contribution is 2.49. The normalized spacial score (nSPS) is 28.2. The monoisotopic (exact) mass is 458 g/mol. The van der Waals surface area contributed by atoms with Crippen LogP contribution in [0.2, 0.25) is 0 Å². The first kappa shape index (κ1) is 20.4. The van der Waals surface area contributed by atoms with Crippen LogP contribution in [0, 0.1) is 5.92 Å². The van der Waals surface area contributed by atoms with Gasteiger partial charge in [-0.25, -0.2) is 15.0 Å². The number of hydrogen-bond donors (Lipinski definition) is 1. The van der Waals surface area contributed by atoms with Gasteiger partial charge in [-0.05, 0) is 75.6 Å². The minimum atomic E-state index is -0.586. The lowest BCUT2D eigenvalue weighted by Crippen LogP contribution is -2.27. The summed E-state index contributed by atoms with van der Waals surface area (Å²) in [6, 6.07) is 6.65. The molecule has 176 valence electrons. The van der Waals surface area contributed by atoms with Gasteiger partial charge in [0.2, 0.25) is 0 Å². The van der Waals surface area contributed by atoms with Gasteiger partial charge in [0.1, 0.15) is 29.5 Å². The number of nitrogens with two attached hydrogens (primary N) is 1. The number of imidazole rings is 1. The van der Waals surface area contributed by atoms with Gasteiger partial charge in [0.05, 0.1) is 17.5 Å². The molecule has 7 rings (SSSR count). The average Bonchev–Trinajstić information content (AvgIpc) is 3.13. The van der Waals surface area contributed by atoms with E-state index in [4.69, 9.17) is 15.2 Å². The number of nitrogen functional groups attached to an aromatic ring is 1. The molecular formula is C26H30N6O2. The van der Waals surface area contributed by atoms with Crippen LogP contribution in [-0.2, 0) is 15.9 Å². The number of aryl methyl sites for hydroxylation is 1. The van der Waals surface area contributed by atoms with Crippen molar-refractivity contribution in [1.82, 2.24) is 23.9 Å². The van der Waals surface area contributed by atoms with E-state index in [1.807, 2.05) is 26.1 Å². The van der Waals surface area contributed by atoms with Gasteiger partial charge in [-0.15, -0.1) is 0 Å². The predicted octanol–water partition coefficient (Wildman–Crippen LogP) is 4.25. The van der Waals surface area contributed by atoms with E-state index in [9.17, 15) is 0 Å². The SMILES string of the molecule is CC1(C)O[C@@H]2[C@@H](CCc3ccn4c(C5CC5)cnc4c3)C[C@@H](n3ccc4c(N)ncnc43)[C@@H]2O1. The van der Waals surface area contributed by atoms with Crippen molar-refractivity contribution in [3.8, 4) is 0 Å². The Bertz CT molecular complexity index is 1390. The summed E-state index contributed by atoms with van der Waals surface area (Å²) in [5.41, 5.74) is 10.7. The van der Waals surface area contributed by atoms with E-state index in [2.05, 4.69) is 48.4 Å². The molecule has 8 heteroatoms. The van der Waals surface area contributed by atoms with Crippen molar-refractivity contribution in [3.05, 3.63) is 54.4 Å². The minimum Gasteiger partial charge on any atom is -0.383 e.